The lowest BCUT2D eigenvalue weighted by Gasteiger charge is -2.07. The second-order valence-electron chi connectivity index (χ2n) is 5.03. The predicted molar refractivity (Wildman–Crippen MR) is 91.4 cm³/mol. The number of carbonyl (C=O) groups is 1. The SMILES string of the molecule is O=C(Cn1cc(C=NO)c2ccccc21)Nc1cccc(Cl)c1. The van der Waals surface area contributed by atoms with Crippen LogP contribution < -0.4 is 5.32 Å². The number of nitrogens with zero attached hydrogens (tertiary/aromatic N) is 2. The number of fused-ring (bicyclic) bond motifs is 1. The van der Waals surface area contributed by atoms with Crippen LogP contribution in [0.1, 0.15) is 5.56 Å². The Hall–Kier alpha value is -2.79. The molecule has 2 aromatic carbocycles. The van der Waals surface area contributed by atoms with Crippen LogP contribution in [0.25, 0.3) is 10.9 Å². The van der Waals surface area contributed by atoms with Crippen LogP contribution in [0.2, 0.25) is 5.02 Å². The van der Waals surface area contributed by atoms with E-state index in [1.165, 1.54) is 6.21 Å². The number of aromatic nitrogens is 1. The highest BCUT2D eigenvalue weighted by molar-refractivity contribution is 6.30. The second kappa shape index (κ2) is 6.54. The van der Waals surface area contributed by atoms with Crippen LogP contribution in [-0.2, 0) is 11.3 Å². The van der Waals surface area contributed by atoms with Gasteiger partial charge in [-0.1, -0.05) is 41.0 Å². The van der Waals surface area contributed by atoms with E-state index < -0.39 is 0 Å². The normalized spacial score (nSPS) is 11.2. The molecule has 116 valence electrons. The highest BCUT2D eigenvalue weighted by atomic mass is 35.5. The highest BCUT2D eigenvalue weighted by Crippen LogP contribution is 2.20. The van der Waals surface area contributed by atoms with Gasteiger partial charge >= 0.3 is 0 Å². The molecule has 0 aliphatic heterocycles. The topological polar surface area (TPSA) is 66.6 Å². The Morgan fingerprint density at radius 3 is 2.87 bits per heavy atom. The molecule has 0 unspecified atom stereocenters. The lowest BCUT2D eigenvalue weighted by Crippen LogP contribution is -2.18. The van der Waals surface area contributed by atoms with Crippen LogP contribution in [0, 0.1) is 0 Å². The van der Waals surface area contributed by atoms with Crippen LogP contribution >= 0.6 is 11.6 Å². The summed E-state index contributed by atoms with van der Waals surface area (Å²) >= 11 is 5.91. The Kier molecular flexibility index (Phi) is 4.30. The number of carbonyl (C=O) groups excluding carboxylic acids is 1. The summed E-state index contributed by atoms with van der Waals surface area (Å²) in [4.78, 5) is 12.2. The maximum Gasteiger partial charge on any atom is 0.244 e. The first-order chi connectivity index (χ1) is 11.2. The summed E-state index contributed by atoms with van der Waals surface area (Å²) in [5, 5.41) is 16.1. The van der Waals surface area contributed by atoms with Gasteiger partial charge in [-0.15, -0.1) is 0 Å². The first kappa shape index (κ1) is 15.1. The second-order valence-corrected chi connectivity index (χ2v) is 5.47. The van der Waals surface area contributed by atoms with E-state index in [0.717, 1.165) is 16.5 Å². The van der Waals surface area contributed by atoms with Crippen LogP contribution in [0.3, 0.4) is 0 Å². The summed E-state index contributed by atoms with van der Waals surface area (Å²) in [5.41, 5.74) is 2.29. The zero-order valence-corrected chi connectivity index (χ0v) is 12.9. The van der Waals surface area contributed by atoms with Gasteiger partial charge in [-0.3, -0.25) is 4.79 Å². The van der Waals surface area contributed by atoms with Crippen LogP contribution in [0.4, 0.5) is 5.69 Å². The van der Waals surface area contributed by atoms with Gasteiger partial charge in [0, 0.05) is 33.4 Å². The summed E-state index contributed by atoms with van der Waals surface area (Å²) in [6.45, 7) is 0.145. The molecule has 0 aliphatic rings. The zero-order chi connectivity index (χ0) is 16.2. The fourth-order valence-electron chi connectivity index (χ4n) is 2.49. The largest absolute Gasteiger partial charge is 0.411 e. The van der Waals surface area contributed by atoms with Crippen molar-refractivity contribution in [3.63, 3.8) is 0 Å². The third kappa shape index (κ3) is 3.35. The molecule has 6 heteroatoms. The van der Waals surface area contributed by atoms with Crippen molar-refractivity contribution in [2.24, 2.45) is 5.16 Å². The molecule has 5 nitrogen and oxygen atoms in total. The van der Waals surface area contributed by atoms with Gasteiger partial charge in [0.2, 0.25) is 5.91 Å². The average molecular weight is 328 g/mol. The van der Waals surface area contributed by atoms with Crippen molar-refractivity contribution in [3.05, 3.63) is 65.3 Å². The molecule has 0 aliphatic carbocycles. The van der Waals surface area contributed by atoms with Gasteiger partial charge in [-0.2, -0.15) is 0 Å². The van der Waals surface area contributed by atoms with Crippen molar-refractivity contribution >= 4 is 40.3 Å². The molecule has 0 fully saturated rings. The van der Waals surface area contributed by atoms with Gasteiger partial charge in [-0.25, -0.2) is 0 Å². The fraction of sp³-hybridized carbons (Fsp3) is 0.0588. The van der Waals surface area contributed by atoms with Gasteiger partial charge < -0.3 is 15.1 Å². The maximum absolute atomic E-state index is 12.2. The highest BCUT2D eigenvalue weighted by Gasteiger charge is 2.10. The Morgan fingerprint density at radius 2 is 2.09 bits per heavy atom. The average Bonchev–Trinajstić information content (AvgIpc) is 2.86. The van der Waals surface area contributed by atoms with Crippen molar-refractivity contribution < 1.29 is 10.0 Å². The minimum atomic E-state index is -0.166. The zero-order valence-electron chi connectivity index (χ0n) is 12.1. The van der Waals surface area contributed by atoms with Crippen molar-refractivity contribution in [3.8, 4) is 0 Å². The van der Waals surface area contributed by atoms with E-state index in [1.54, 1.807) is 30.5 Å². The van der Waals surface area contributed by atoms with Gasteiger partial charge in [0.15, 0.2) is 0 Å². The lowest BCUT2D eigenvalue weighted by molar-refractivity contribution is -0.116. The van der Waals surface area contributed by atoms with E-state index in [-0.39, 0.29) is 12.5 Å². The van der Waals surface area contributed by atoms with Gasteiger partial charge in [0.05, 0.1) is 6.21 Å². The molecule has 1 heterocycles. The number of nitrogens with one attached hydrogen (secondary N) is 1. The summed E-state index contributed by atoms with van der Waals surface area (Å²) in [7, 11) is 0. The monoisotopic (exact) mass is 327 g/mol. The number of oxime groups is 1. The minimum Gasteiger partial charge on any atom is -0.411 e. The Morgan fingerprint density at radius 1 is 1.26 bits per heavy atom. The Balaban J connectivity index is 1.85. The van der Waals surface area contributed by atoms with Crippen molar-refractivity contribution in [1.29, 1.82) is 0 Å². The summed E-state index contributed by atoms with van der Waals surface area (Å²) in [5.74, 6) is -0.166. The molecule has 2 N–H and O–H groups in total. The molecule has 0 saturated heterocycles. The van der Waals surface area contributed by atoms with E-state index >= 15 is 0 Å². The van der Waals surface area contributed by atoms with E-state index in [2.05, 4.69) is 10.5 Å². The number of hydrogen-bond acceptors (Lipinski definition) is 3. The van der Waals surface area contributed by atoms with Crippen molar-refractivity contribution in [1.82, 2.24) is 4.57 Å². The first-order valence-electron chi connectivity index (χ1n) is 6.98. The smallest absolute Gasteiger partial charge is 0.244 e. The van der Waals surface area contributed by atoms with Crippen molar-refractivity contribution in [2.45, 2.75) is 6.54 Å². The molecule has 3 rings (SSSR count). The number of benzene rings is 2. The molecule has 23 heavy (non-hydrogen) atoms. The number of para-hydroxylation sites is 1. The molecular weight excluding hydrogens is 314 g/mol. The quantitative estimate of drug-likeness (QED) is 0.435. The maximum atomic E-state index is 12.2. The molecule has 3 aromatic rings. The third-order valence-corrected chi connectivity index (χ3v) is 3.67. The Labute approximate surface area is 137 Å². The van der Waals surface area contributed by atoms with Gasteiger partial charge in [0.1, 0.15) is 6.54 Å². The van der Waals surface area contributed by atoms with Crippen LogP contribution in [0.15, 0.2) is 59.9 Å². The summed E-state index contributed by atoms with van der Waals surface area (Å²) in [6.07, 6.45) is 3.13. The summed E-state index contributed by atoms with van der Waals surface area (Å²) in [6, 6.07) is 14.6. The van der Waals surface area contributed by atoms with E-state index in [9.17, 15) is 4.79 Å². The molecule has 0 radical (unpaired) electrons. The standard InChI is InChI=1S/C17H14ClN3O2/c18-13-4-3-5-14(8-13)20-17(22)11-21-10-12(9-19-23)15-6-1-2-7-16(15)21/h1-10,23H,11H2,(H,20,22). The van der Waals surface area contributed by atoms with Gasteiger partial charge in [-0.05, 0) is 24.3 Å². The minimum absolute atomic E-state index is 0.145. The molecule has 0 saturated carbocycles. The van der Waals surface area contributed by atoms with Crippen molar-refractivity contribution in [2.75, 3.05) is 5.32 Å². The Bertz CT molecular complexity index is 886. The third-order valence-electron chi connectivity index (χ3n) is 3.44. The van der Waals surface area contributed by atoms with E-state index in [0.29, 0.717) is 10.7 Å². The lowest BCUT2D eigenvalue weighted by atomic mass is 10.2. The number of halogens is 1. The molecule has 1 amide bonds. The molecular formula is C17H14ClN3O2. The number of rotatable bonds is 4. The van der Waals surface area contributed by atoms with E-state index in [1.807, 2.05) is 28.8 Å². The molecule has 0 spiro atoms. The molecule has 1 aromatic heterocycles. The molecule has 0 atom stereocenters. The summed E-state index contributed by atoms with van der Waals surface area (Å²) < 4.78 is 1.81. The predicted octanol–water partition coefficient (Wildman–Crippen LogP) is 3.74. The van der Waals surface area contributed by atoms with Crippen LogP contribution in [-0.4, -0.2) is 21.9 Å². The fourth-order valence-corrected chi connectivity index (χ4v) is 2.68. The van der Waals surface area contributed by atoms with Gasteiger partial charge in [0.25, 0.3) is 0 Å². The number of anilines is 1. The first-order valence-corrected chi connectivity index (χ1v) is 7.36. The van der Waals surface area contributed by atoms with Crippen LogP contribution in [0.5, 0.6) is 0 Å². The van der Waals surface area contributed by atoms with E-state index in [4.69, 9.17) is 16.8 Å². The molecule has 0 bridgehead atoms. The number of hydrogen-bond donors (Lipinski definition) is 2. The number of amides is 1.